The van der Waals surface area contributed by atoms with Crippen LogP contribution in [0, 0.1) is 6.92 Å². The molecule has 0 unspecified atom stereocenters. The summed E-state index contributed by atoms with van der Waals surface area (Å²) in [5.74, 6) is 1.48. The number of carbonyl (C=O) groups excluding carboxylic acids is 2. The lowest BCUT2D eigenvalue weighted by Gasteiger charge is -2.17. The monoisotopic (exact) mass is 503 g/mol. The predicted molar refractivity (Wildman–Crippen MR) is 146 cm³/mol. The molecule has 3 aromatic carbocycles. The molecule has 6 heteroatoms. The average molecular weight is 504 g/mol. The van der Waals surface area contributed by atoms with Crippen LogP contribution in [0.25, 0.3) is 11.1 Å². The first kappa shape index (κ1) is 25.0. The van der Waals surface area contributed by atoms with Gasteiger partial charge < -0.3 is 19.9 Å². The molecule has 1 aliphatic carbocycles. The van der Waals surface area contributed by atoms with E-state index in [1.165, 1.54) is 0 Å². The van der Waals surface area contributed by atoms with Crippen LogP contribution in [0.3, 0.4) is 0 Å². The van der Waals surface area contributed by atoms with Crippen molar-refractivity contribution < 1.29 is 27.0 Å². The number of amides is 1. The van der Waals surface area contributed by atoms with Crippen molar-refractivity contribution >= 4 is 11.7 Å². The van der Waals surface area contributed by atoms with Crippen LogP contribution in [0.1, 0.15) is 62.5 Å². The van der Waals surface area contributed by atoms with Gasteiger partial charge in [0.15, 0.2) is 11.5 Å². The first-order valence-corrected chi connectivity index (χ1v) is 13.0. The van der Waals surface area contributed by atoms with E-state index in [9.17, 15) is 14.7 Å². The molecule has 2 aliphatic rings. The van der Waals surface area contributed by atoms with Crippen LogP contribution in [0.2, 0.25) is 0 Å². The normalized spacial score (nSPS) is 15.8. The van der Waals surface area contributed by atoms with E-state index in [2.05, 4.69) is 17.4 Å². The number of rotatable bonds is 10. The number of nitrogens with one attached hydrogen (secondary N) is 1. The molecule has 37 heavy (non-hydrogen) atoms. The number of carbonyl (C=O) groups is 2. The van der Waals surface area contributed by atoms with Gasteiger partial charge in [-0.15, -0.1) is 0 Å². The molecule has 196 valence electrons. The Morgan fingerprint density at radius 1 is 1.03 bits per heavy atom. The van der Waals surface area contributed by atoms with Crippen LogP contribution in [0.5, 0.6) is 11.5 Å². The molecular formula is C31H37NO5. The second kappa shape index (κ2) is 10.4. The van der Waals surface area contributed by atoms with E-state index in [1.807, 2.05) is 50.2 Å². The van der Waals surface area contributed by atoms with Gasteiger partial charge in [0.05, 0.1) is 18.1 Å². The van der Waals surface area contributed by atoms with Crippen molar-refractivity contribution in [3.05, 3.63) is 82.9 Å². The van der Waals surface area contributed by atoms with Gasteiger partial charge in [-0.25, -0.2) is 0 Å². The van der Waals surface area contributed by atoms with Crippen molar-refractivity contribution in [1.82, 2.24) is 5.32 Å². The summed E-state index contributed by atoms with van der Waals surface area (Å²) in [6, 6.07) is 19.2. The molecule has 0 aromatic heterocycles. The number of benzene rings is 3. The summed E-state index contributed by atoms with van der Waals surface area (Å²) >= 11 is 0. The van der Waals surface area contributed by atoms with E-state index in [4.69, 9.17) is 9.47 Å². The number of aliphatic hydroxyl groups is 1. The van der Waals surface area contributed by atoms with Gasteiger partial charge in [-0.3, -0.25) is 9.59 Å². The molecule has 3 aromatic rings. The lowest BCUT2D eigenvalue weighted by Crippen LogP contribution is -2.37. The Kier molecular flexibility index (Phi) is 7.02. The highest BCUT2D eigenvalue weighted by atomic mass is 16.7. The number of hydrogen-bond donors (Lipinski definition) is 2. The van der Waals surface area contributed by atoms with Crippen LogP contribution in [-0.2, 0) is 16.6 Å². The third-order valence-corrected chi connectivity index (χ3v) is 7.53. The van der Waals surface area contributed by atoms with E-state index >= 15 is 0 Å². The van der Waals surface area contributed by atoms with Gasteiger partial charge in [0, 0.05) is 14.8 Å². The summed E-state index contributed by atoms with van der Waals surface area (Å²) in [6.07, 6.45) is 3.69. The Morgan fingerprint density at radius 2 is 1.78 bits per heavy atom. The molecule has 1 saturated carbocycles. The fourth-order valence-electron chi connectivity index (χ4n) is 5.12. The van der Waals surface area contributed by atoms with Gasteiger partial charge in [-0.2, -0.15) is 0 Å². The Bertz CT molecular complexity index is 1320. The van der Waals surface area contributed by atoms with Crippen molar-refractivity contribution in [2.75, 3.05) is 13.4 Å². The van der Waals surface area contributed by atoms with Gasteiger partial charge in [0.25, 0.3) is 5.91 Å². The SMILES string of the molecule is CCC[C@@H](CO)NC(=O)c1ccc(-c2cc(CC(=O)C3(c4ccc5c(c4)OCO5)CC3)ccc2C)cc1.[HH].[HH]. The molecular weight excluding hydrogens is 466 g/mol. The number of Topliss-reactive ketones (excluding diaryl/α,β-unsaturated/α-hetero) is 1. The van der Waals surface area contributed by atoms with Crippen molar-refractivity contribution in [1.29, 1.82) is 0 Å². The fraction of sp³-hybridized carbons (Fsp3) is 0.355. The maximum absolute atomic E-state index is 13.5. The van der Waals surface area contributed by atoms with Gasteiger partial charge in [-0.1, -0.05) is 49.7 Å². The van der Waals surface area contributed by atoms with Crippen molar-refractivity contribution in [2.45, 2.75) is 57.4 Å². The van der Waals surface area contributed by atoms with Crippen LogP contribution >= 0.6 is 0 Å². The third-order valence-electron chi connectivity index (χ3n) is 7.53. The number of aryl methyl sites for hydroxylation is 1. The maximum Gasteiger partial charge on any atom is 0.251 e. The summed E-state index contributed by atoms with van der Waals surface area (Å²) in [7, 11) is 0. The van der Waals surface area contributed by atoms with Crippen LogP contribution in [-0.4, -0.2) is 36.2 Å². The number of ether oxygens (including phenoxy) is 2. The highest BCUT2D eigenvalue weighted by molar-refractivity contribution is 5.96. The number of aliphatic hydroxyl groups excluding tert-OH is 1. The van der Waals surface area contributed by atoms with Gasteiger partial charge in [0.2, 0.25) is 6.79 Å². The Balaban J connectivity index is 0.00000210. The molecule has 1 heterocycles. The summed E-state index contributed by atoms with van der Waals surface area (Å²) in [5, 5.41) is 12.4. The zero-order valence-electron chi connectivity index (χ0n) is 21.4. The van der Waals surface area contributed by atoms with Crippen LogP contribution < -0.4 is 14.8 Å². The van der Waals surface area contributed by atoms with Gasteiger partial charge in [-0.05, 0) is 78.3 Å². The summed E-state index contributed by atoms with van der Waals surface area (Å²) < 4.78 is 10.9. The number of ketones is 1. The zero-order valence-corrected chi connectivity index (χ0v) is 21.4. The first-order valence-electron chi connectivity index (χ1n) is 13.0. The number of hydrogen-bond acceptors (Lipinski definition) is 5. The second-order valence-corrected chi connectivity index (χ2v) is 10.1. The van der Waals surface area contributed by atoms with Crippen LogP contribution in [0.4, 0.5) is 0 Å². The molecule has 0 radical (unpaired) electrons. The second-order valence-electron chi connectivity index (χ2n) is 10.1. The van der Waals surface area contributed by atoms with Gasteiger partial charge >= 0.3 is 0 Å². The van der Waals surface area contributed by atoms with Crippen molar-refractivity contribution in [3.63, 3.8) is 0 Å². The molecule has 2 N–H and O–H groups in total. The molecule has 6 nitrogen and oxygen atoms in total. The maximum atomic E-state index is 13.5. The standard InChI is InChI=1S/C31H33NO5.2H2/c1-3-4-25(18-33)32-30(35)23-9-7-22(8-10-23)26-15-21(6-5-20(26)2)16-29(34)31(13-14-31)24-11-12-27-28(17-24)37-19-36-27;;/h5-12,15,17,25,33H,3-4,13-14,16,18-19H2,1-2H3,(H,32,35);2*1H/t25-;;/m0../s1. The van der Waals surface area contributed by atoms with Crippen molar-refractivity contribution in [2.24, 2.45) is 0 Å². The molecule has 1 fully saturated rings. The molecule has 1 amide bonds. The highest BCUT2D eigenvalue weighted by Crippen LogP contribution is 2.51. The minimum absolute atomic E-state index is 0. The zero-order chi connectivity index (χ0) is 26.0. The van der Waals surface area contributed by atoms with Crippen LogP contribution in [0.15, 0.2) is 60.7 Å². The minimum Gasteiger partial charge on any atom is -0.454 e. The molecule has 0 saturated heterocycles. The average Bonchev–Trinajstić information content (AvgIpc) is 3.60. The molecule has 1 atom stereocenters. The summed E-state index contributed by atoms with van der Waals surface area (Å²) in [5.41, 5.74) is 5.24. The summed E-state index contributed by atoms with van der Waals surface area (Å²) in [6.45, 7) is 4.22. The van der Waals surface area contributed by atoms with E-state index in [0.717, 1.165) is 59.3 Å². The lowest BCUT2D eigenvalue weighted by atomic mass is 9.87. The van der Waals surface area contributed by atoms with E-state index in [0.29, 0.717) is 17.7 Å². The van der Waals surface area contributed by atoms with E-state index in [1.54, 1.807) is 12.1 Å². The minimum atomic E-state index is -0.439. The predicted octanol–water partition coefficient (Wildman–Crippen LogP) is 5.62. The lowest BCUT2D eigenvalue weighted by molar-refractivity contribution is -0.120. The fourth-order valence-corrected chi connectivity index (χ4v) is 5.12. The molecule has 5 rings (SSSR count). The highest BCUT2D eigenvalue weighted by Gasteiger charge is 2.50. The Labute approximate surface area is 220 Å². The Hall–Kier alpha value is -3.64. The third kappa shape index (κ3) is 5.12. The molecule has 1 aliphatic heterocycles. The van der Waals surface area contributed by atoms with E-state index in [-0.39, 0.29) is 34.0 Å². The molecule has 0 spiro atoms. The summed E-state index contributed by atoms with van der Waals surface area (Å²) in [4.78, 5) is 26.1. The quantitative estimate of drug-likeness (QED) is 0.375. The largest absolute Gasteiger partial charge is 0.454 e. The van der Waals surface area contributed by atoms with Crippen molar-refractivity contribution in [3.8, 4) is 22.6 Å². The van der Waals surface area contributed by atoms with Gasteiger partial charge in [0.1, 0.15) is 5.78 Å². The smallest absolute Gasteiger partial charge is 0.251 e. The Morgan fingerprint density at radius 3 is 2.49 bits per heavy atom. The number of fused-ring (bicyclic) bond motifs is 1. The molecule has 0 bridgehead atoms. The topological polar surface area (TPSA) is 84.9 Å². The van der Waals surface area contributed by atoms with E-state index < -0.39 is 5.41 Å². The first-order chi connectivity index (χ1) is 17.9.